The van der Waals surface area contributed by atoms with Gasteiger partial charge >= 0.3 is 21.7 Å². The molecule has 0 saturated heterocycles. The van der Waals surface area contributed by atoms with Crippen LogP contribution in [-0.2, 0) is 21.7 Å². The average Bonchev–Trinajstić information content (AvgIpc) is 3.25. The van der Waals surface area contributed by atoms with Crippen molar-refractivity contribution in [3.63, 3.8) is 0 Å². The maximum Gasteiger partial charge on any atom is 4.00 e. The SMILES string of the molecule is CCCCCCCCCCCCCCCCCC[Si](C)(c1ccccc1)C1C(C)[CH-]C2C=CC=CC21.[Cl-].[Cl-].[Cl-].[Ti+4]. The molecule has 1 aromatic carbocycles. The Hall–Kier alpha value is 0.501. The van der Waals surface area contributed by atoms with Gasteiger partial charge in [0.2, 0.25) is 0 Å². The Bertz CT molecular complexity index is 771. The summed E-state index contributed by atoms with van der Waals surface area (Å²) < 4.78 is 0. The predicted molar refractivity (Wildman–Crippen MR) is 165 cm³/mol. The van der Waals surface area contributed by atoms with Crippen molar-refractivity contribution in [3.05, 3.63) is 61.1 Å². The third-order valence-electron chi connectivity index (χ3n) is 9.45. The van der Waals surface area contributed by atoms with Crippen LogP contribution >= 0.6 is 0 Å². The van der Waals surface area contributed by atoms with Gasteiger partial charge in [-0.15, -0.1) is 12.0 Å². The molecule has 0 heterocycles. The van der Waals surface area contributed by atoms with Gasteiger partial charge in [0.15, 0.2) is 0 Å². The third-order valence-corrected chi connectivity index (χ3v) is 14.9. The van der Waals surface area contributed by atoms with Crippen LogP contribution in [0.1, 0.15) is 117 Å². The minimum Gasteiger partial charge on any atom is -1.00 e. The summed E-state index contributed by atoms with van der Waals surface area (Å²) in [5.41, 5.74) is 0.836. The van der Waals surface area contributed by atoms with Gasteiger partial charge in [-0.25, -0.2) is 0 Å². The molecule has 1 fully saturated rings. The van der Waals surface area contributed by atoms with E-state index in [9.17, 15) is 0 Å². The summed E-state index contributed by atoms with van der Waals surface area (Å²) in [7, 11) is -1.59. The summed E-state index contributed by atoms with van der Waals surface area (Å²) in [6.07, 6.45) is 35.5. The number of rotatable bonds is 19. The molecule has 0 aromatic heterocycles. The van der Waals surface area contributed by atoms with Crippen LogP contribution in [-0.4, -0.2) is 8.07 Å². The van der Waals surface area contributed by atoms with Crippen LogP contribution in [0.2, 0.25) is 18.1 Å². The summed E-state index contributed by atoms with van der Waals surface area (Å²) in [4.78, 5) is 0. The molecule has 2 aliphatic carbocycles. The average molecular weight is 660 g/mol. The van der Waals surface area contributed by atoms with Crippen molar-refractivity contribution >= 4 is 13.3 Å². The molecule has 5 unspecified atom stereocenters. The van der Waals surface area contributed by atoms with E-state index in [4.69, 9.17) is 0 Å². The van der Waals surface area contributed by atoms with E-state index >= 15 is 0 Å². The molecule has 2 aliphatic rings. The molecule has 0 amide bonds. The smallest absolute Gasteiger partial charge is 1.00 e. The van der Waals surface area contributed by atoms with E-state index in [-0.39, 0.29) is 58.9 Å². The van der Waals surface area contributed by atoms with Gasteiger partial charge < -0.3 is 43.6 Å². The molecule has 1 aromatic rings. The fourth-order valence-corrected chi connectivity index (χ4v) is 12.8. The Labute approximate surface area is 283 Å². The zero-order valence-electron chi connectivity index (χ0n) is 25.7. The first-order valence-electron chi connectivity index (χ1n) is 15.9. The number of fused-ring (bicyclic) bond motifs is 1. The van der Waals surface area contributed by atoms with Crippen LogP contribution in [0, 0.1) is 24.2 Å². The summed E-state index contributed by atoms with van der Waals surface area (Å²) in [6, 6.07) is 13.1. The first-order valence-corrected chi connectivity index (χ1v) is 18.7. The second-order valence-electron chi connectivity index (χ2n) is 12.3. The Kier molecular flexibility index (Phi) is 26.5. The van der Waals surface area contributed by atoms with E-state index < -0.39 is 8.07 Å². The summed E-state index contributed by atoms with van der Waals surface area (Å²) in [5.74, 6) is 2.12. The number of unbranched alkanes of at least 4 members (excludes halogenated alkanes) is 15. The minimum absolute atomic E-state index is 0. The van der Waals surface area contributed by atoms with E-state index in [1.165, 1.54) is 109 Å². The summed E-state index contributed by atoms with van der Waals surface area (Å²) in [5, 5.41) is 1.69. The van der Waals surface area contributed by atoms with Crippen LogP contribution in [0.4, 0.5) is 0 Å². The van der Waals surface area contributed by atoms with Crippen LogP contribution in [0.25, 0.3) is 0 Å². The van der Waals surface area contributed by atoms with Gasteiger partial charge in [0.1, 0.15) is 0 Å². The van der Waals surface area contributed by atoms with Crippen molar-refractivity contribution in [1.82, 2.24) is 0 Å². The molecular formula is C35H57Cl3SiTi. The van der Waals surface area contributed by atoms with E-state index in [0.29, 0.717) is 5.92 Å². The topological polar surface area (TPSA) is 0 Å². The molecule has 0 aliphatic heterocycles. The maximum absolute atomic E-state index is 2.72. The van der Waals surface area contributed by atoms with E-state index in [1.807, 2.05) is 0 Å². The van der Waals surface area contributed by atoms with Gasteiger partial charge in [0, 0.05) is 0 Å². The van der Waals surface area contributed by atoms with E-state index in [0.717, 1.165) is 17.4 Å². The van der Waals surface area contributed by atoms with Crippen molar-refractivity contribution in [1.29, 1.82) is 0 Å². The number of hydrogen-bond donors (Lipinski definition) is 0. The molecule has 226 valence electrons. The van der Waals surface area contributed by atoms with Gasteiger partial charge in [-0.1, -0.05) is 188 Å². The van der Waals surface area contributed by atoms with E-state index in [1.54, 1.807) is 5.19 Å². The molecule has 0 spiro atoms. The van der Waals surface area contributed by atoms with Gasteiger partial charge in [-0.2, -0.15) is 5.92 Å². The fraction of sp³-hybridized carbons (Fsp3) is 0.686. The quantitative estimate of drug-likeness (QED) is 0.121. The van der Waals surface area contributed by atoms with Crippen LogP contribution in [0.5, 0.6) is 0 Å². The Morgan fingerprint density at radius 3 is 1.60 bits per heavy atom. The molecule has 0 N–H and O–H groups in total. The molecule has 0 bridgehead atoms. The second kappa shape index (κ2) is 24.9. The monoisotopic (exact) mass is 658 g/mol. The zero-order valence-corrected chi connectivity index (χ0v) is 30.6. The number of benzene rings is 1. The second-order valence-corrected chi connectivity index (χ2v) is 16.9. The van der Waals surface area contributed by atoms with Crippen LogP contribution in [0.3, 0.4) is 0 Å². The molecule has 3 rings (SSSR count). The largest absolute Gasteiger partial charge is 4.00 e. The van der Waals surface area contributed by atoms with Crippen LogP contribution < -0.4 is 42.4 Å². The van der Waals surface area contributed by atoms with Crippen LogP contribution in [0.15, 0.2) is 54.6 Å². The first-order chi connectivity index (χ1) is 17.7. The molecule has 0 nitrogen and oxygen atoms in total. The molecule has 1 saturated carbocycles. The van der Waals surface area contributed by atoms with Crippen molar-refractivity contribution in [2.24, 2.45) is 17.8 Å². The zero-order chi connectivity index (χ0) is 25.5. The Balaban J connectivity index is 0. The fourth-order valence-electron chi connectivity index (χ4n) is 7.38. The maximum atomic E-state index is 2.72. The van der Waals surface area contributed by atoms with E-state index in [2.05, 4.69) is 81.5 Å². The summed E-state index contributed by atoms with van der Waals surface area (Å²) >= 11 is 0. The first kappa shape index (κ1) is 42.6. The number of halogens is 3. The van der Waals surface area contributed by atoms with Gasteiger partial charge in [-0.3, -0.25) is 0 Å². The summed E-state index contributed by atoms with van der Waals surface area (Å²) in [6.45, 7) is 7.53. The molecular weight excluding hydrogens is 603 g/mol. The molecule has 5 heteroatoms. The van der Waals surface area contributed by atoms with Gasteiger partial charge in [0.05, 0.1) is 8.07 Å². The molecule has 5 atom stereocenters. The number of allylic oxidation sites excluding steroid dienone is 4. The van der Waals surface area contributed by atoms with Crippen molar-refractivity contribution in [2.75, 3.05) is 0 Å². The predicted octanol–water partition coefficient (Wildman–Crippen LogP) is 1.83. The van der Waals surface area contributed by atoms with Crippen molar-refractivity contribution in [2.45, 2.75) is 135 Å². The Morgan fingerprint density at radius 1 is 0.650 bits per heavy atom. The molecule has 40 heavy (non-hydrogen) atoms. The number of hydrogen-bond acceptors (Lipinski definition) is 0. The van der Waals surface area contributed by atoms with Crippen molar-refractivity contribution < 1.29 is 58.9 Å². The minimum atomic E-state index is -1.59. The normalized spacial score (nSPS) is 22.2. The van der Waals surface area contributed by atoms with Gasteiger partial charge in [0.25, 0.3) is 0 Å². The molecule has 0 radical (unpaired) electrons. The Morgan fingerprint density at radius 2 is 1.10 bits per heavy atom. The standard InChI is InChI=1S/C35H57Si.3ClH.Ti/c1-4-5-6-7-8-9-10-11-12-13-14-15-16-17-18-24-29-36(3,33-26-20-19-21-27-33)35-31(2)30-32-25-22-23-28-34(32)35;;;;/h19-23,25-28,30-32,34-35H,4-18,24,29H2,1-3H3;3*1H;/q-1;;;;+4/p-3. The van der Waals surface area contributed by atoms with Crippen molar-refractivity contribution in [3.8, 4) is 0 Å². The third kappa shape index (κ3) is 13.9. The van der Waals surface area contributed by atoms with Gasteiger partial charge in [-0.05, 0) is 5.92 Å².